The fraction of sp³-hybridized carbons (Fsp3) is 1.00. The van der Waals surface area contributed by atoms with Crippen LogP contribution < -0.4 is 0 Å². The second-order valence-corrected chi connectivity index (χ2v) is 7.89. The van der Waals surface area contributed by atoms with E-state index in [1.54, 1.807) is 11.2 Å². The van der Waals surface area contributed by atoms with Crippen LogP contribution >= 0.6 is 0 Å². The molecule has 0 aromatic rings. The van der Waals surface area contributed by atoms with Crippen molar-refractivity contribution in [2.75, 3.05) is 38.5 Å². The first-order chi connectivity index (χ1) is 7.24. The molecule has 1 fully saturated rings. The van der Waals surface area contributed by atoms with Gasteiger partial charge in [0, 0.05) is 32.7 Å². The zero-order valence-corrected chi connectivity index (χ0v) is 11.7. The van der Waals surface area contributed by atoms with Crippen molar-refractivity contribution >= 4 is 10.0 Å². The third kappa shape index (κ3) is 4.03. The minimum Gasteiger partial charge on any atom is -0.300 e. The molecule has 0 amide bonds. The van der Waals surface area contributed by atoms with Gasteiger partial charge in [0.2, 0.25) is 10.0 Å². The Labute approximate surface area is 99.7 Å². The lowest BCUT2D eigenvalue weighted by atomic mass is 9.96. The number of hydrogen-bond donors (Lipinski definition) is 0. The van der Waals surface area contributed by atoms with Crippen LogP contribution in [0.15, 0.2) is 0 Å². The highest BCUT2D eigenvalue weighted by molar-refractivity contribution is 7.89. The van der Waals surface area contributed by atoms with Crippen LogP contribution in [-0.2, 0) is 10.0 Å². The summed E-state index contributed by atoms with van der Waals surface area (Å²) in [5.74, 6) is 0.215. The smallest absolute Gasteiger partial charge is 0.213 e. The van der Waals surface area contributed by atoms with Gasteiger partial charge in [-0.05, 0) is 12.3 Å². The Hall–Kier alpha value is -0.130. The van der Waals surface area contributed by atoms with Crippen LogP contribution in [0.4, 0.5) is 0 Å². The molecular weight excluding hydrogens is 224 g/mol. The van der Waals surface area contributed by atoms with Crippen molar-refractivity contribution in [3.05, 3.63) is 0 Å². The summed E-state index contributed by atoms with van der Waals surface area (Å²) in [6.07, 6.45) is 0. The topological polar surface area (TPSA) is 40.6 Å². The monoisotopic (exact) mass is 248 g/mol. The van der Waals surface area contributed by atoms with E-state index < -0.39 is 10.0 Å². The Morgan fingerprint density at radius 3 is 1.94 bits per heavy atom. The molecule has 96 valence electrons. The van der Waals surface area contributed by atoms with Crippen molar-refractivity contribution in [2.24, 2.45) is 5.41 Å². The first-order valence-corrected chi connectivity index (χ1v) is 7.56. The van der Waals surface area contributed by atoms with Gasteiger partial charge in [-0.3, -0.25) is 0 Å². The number of rotatable bonds is 3. The van der Waals surface area contributed by atoms with E-state index in [9.17, 15) is 8.42 Å². The summed E-state index contributed by atoms with van der Waals surface area (Å²) in [5, 5.41) is 0. The van der Waals surface area contributed by atoms with Crippen molar-refractivity contribution in [2.45, 2.75) is 27.7 Å². The summed E-state index contributed by atoms with van der Waals surface area (Å²) < 4.78 is 24.9. The minimum atomic E-state index is -2.98. The predicted octanol–water partition coefficient (Wildman–Crippen LogP) is 1.000. The van der Waals surface area contributed by atoms with E-state index in [0.717, 1.165) is 19.6 Å². The quantitative estimate of drug-likeness (QED) is 0.748. The van der Waals surface area contributed by atoms with Crippen LogP contribution in [0.2, 0.25) is 0 Å². The van der Waals surface area contributed by atoms with Gasteiger partial charge in [-0.25, -0.2) is 8.42 Å². The van der Waals surface area contributed by atoms with Gasteiger partial charge in [0.1, 0.15) is 0 Å². The van der Waals surface area contributed by atoms with Crippen molar-refractivity contribution in [3.8, 4) is 0 Å². The highest BCUT2D eigenvalue weighted by Gasteiger charge is 2.27. The molecule has 0 aromatic carbocycles. The lowest BCUT2D eigenvalue weighted by molar-refractivity contribution is 0.141. The summed E-state index contributed by atoms with van der Waals surface area (Å²) in [6.45, 7) is 12.4. The summed E-state index contributed by atoms with van der Waals surface area (Å²) >= 11 is 0. The summed E-state index contributed by atoms with van der Waals surface area (Å²) in [6, 6.07) is 0. The maximum absolute atomic E-state index is 11.7. The van der Waals surface area contributed by atoms with E-state index in [-0.39, 0.29) is 11.2 Å². The van der Waals surface area contributed by atoms with Crippen molar-refractivity contribution in [1.29, 1.82) is 0 Å². The number of nitrogens with zero attached hydrogens (tertiary/aromatic N) is 2. The minimum absolute atomic E-state index is 0.215. The van der Waals surface area contributed by atoms with Crippen LogP contribution in [0.3, 0.4) is 0 Å². The Kier molecular flexibility index (Phi) is 4.37. The van der Waals surface area contributed by atoms with Gasteiger partial charge in [0.25, 0.3) is 0 Å². The maximum Gasteiger partial charge on any atom is 0.213 e. The maximum atomic E-state index is 11.7. The molecule has 0 unspecified atom stereocenters. The molecule has 0 atom stereocenters. The average Bonchev–Trinajstić information content (AvgIpc) is 2.16. The van der Waals surface area contributed by atoms with E-state index in [1.165, 1.54) is 0 Å². The largest absolute Gasteiger partial charge is 0.300 e. The molecule has 4 nitrogen and oxygen atoms in total. The zero-order valence-electron chi connectivity index (χ0n) is 10.9. The molecule has 5 heteroatoms. The molecule has 16 heavy (non-hydrogen) atoms. The van der Waals surface area contributed by atoms with E-state index in [4.69, 9.17) is 0 Å². The molecule has 0 aromatic heterocycles. The molecule has 1 heterocycles. The third-order valence-electron chi connectivity index (χ3n) is 2.79. The van der Waals surface area contributed by atoms with Crippen LogP contribution in [0.25, 0.3) is 0 Å². The van der Waals surface area contributed by atoms with Crippen LogP contribution in [0.1, 0.15) is 27.7 Å². The van der Waals surface area contributed by atoms with E-state index in [0.29, 0.717) is 13.1 Å². The van der Waals surface area contributed by atoms with Crippen LogP contribution in [0.5, 0.6) is 0 Å². The second-order valence-electron chi connectivity index (χ2n) is 5.64. The molecule has 0 saturated carbocycles. The molecular formula is C11H24N2O2S. The predicted molar refractivity (Wildman–Crippen MR) is 66.9 cm³/mol. The fourth-order valence-corrected chi connectivity index (χ4v) is 3.10. The van der Waals surface area contributed by atoms with Gasteiger partial charge in [-0.2, -0.15) is 4.31 Å². The first-order valence-electron chi connectivity index (χ1n) is 5.95. The molecule has 1 aliphatic heterocycles. The van der Waals surface area contributed by atoms with Crippen LogP contribution in [0, 0.1) is 5.41 Å². The molecule has 0 aliphatic carbocycles. The second kappa shape index (κ2) is 5.02. The number of sulfonamides is 1. The fourth-order valence-electron chi connectivity index (χ4n) is 2.02. The summed E-state index contributed by atoms with van der Waals surface area (Å²) in [7, 11) is -2.98. The Bertz CT molecular complexity index is 311. The van der Waals surface area contributed by atoms with Gasteiger partial charge in [-0.1, -0.05) is 20.8 Å². The summed E-state index contributed by atoms with van der Waals surface area (Å²) in [4.78, 5) is 2.35. The molecule has 0 bridgehead atoms. The molecule has 1 aliphatic rings. The SMILES string of the molecule is CCS(=O)(=O)N1CCN(CC(C)(C)C)CC1. The molecule has 1 rings (SSSR count). The van der Waals surface area contributed by atoms with Gasteiger partial charge in [-0.15, -0.1) is 0 Å². The lowest BCUT2D eigenvalue weighted by Crippen LogP contribution is -2.50. The lowest BCUT2D eigenvalue weighted by Gasteiger charge is -2.37. The Balaban J connectivity index is 2.46. The highest BCUT2D eigenvalue weighted by Crippen LogP contribution is 2.17. The molecule has 1 saturated heterocycles. The Morgan fingerprint density at radius 2 is 1.56 bits per heavy atom. The van der Waals surface area contributed by atoms with Gasteiger partial charge >= 0.3 is 0 Å². The van der Waals surface area contributed by atoms with Crippen molar-refractivity contribution in [3.63, 3.8) is 0 Å². The molecule has 0 radical (unpaired) electrons. The van der Waals surface area contributed by atoms with E-state index in [2.05, 4.69) is 25.7 Å². The number of piperazine rings is 1. The first kappa shape index (κ1) is 13.9. The van der Waals surface area contributed by atoms with E-state index in [1.807, 2.05) is 0 Å². The summed E-state index contributed by atoms with van der Waals surface area (Å²) in [5.41, 5.74) is 0.284. The highest BCUT2D eigenvalue weighted by atomic mass is 32.2. The van der Waals surface area contributed by atoms with E-state index >= 15 is 0 Å². The normalized spacial score (nSPS) is 21.2. The average molecular weight is 248 g/mol. The number of hydrogen-bond acceptors (Lipinski definition) is 3. The van der Waals surface area contributed by atoms with Crippen molar-refractivity contribution < 1.29 is 8.42 Å². The standard InChI is InChI=1S/C11H24N2O2S/c1-5-16(14,15)13-8-6-12(7-9-13)10-11(2,3)4/h5-10H2,1-4H3. The van der Waals surface area contributed by atoms with Crippen molar-refractivity contribution in [1.82, 2.24) is 9.21 Å². The third-order valence-corrected chi connectivity index (χ3v) is 4.67. The Morgan fingerprint density at radius 1 is 1.06 bits per heavy atom. The van der Waals surface area contributed by atoms with Gasteiger partial charge < -0.3 is 4.90 Å². The van der Waals surface area contributed by atoms with Gasteiger partial charge in [0.15, 0.2) is 0 Å². The van der Waals surface area contributed by atoms with Crippen LogP contribution in [-0.4, -0.2) is 56.1 Å². The zero-order chi connectivity index (χ0) is 12.4. The molecule has 0 spiro atoms. The van der Waals surface area contributed by atoms with Gasteiger partial charge in [0.05, 0.1) is 5.75 Å². The molecule has 0 N–H and O–H groups in total.